The van der Waals surface area contributed by atoms with Crippen molar-refractivity contribution < 1.29 is 0 Å². The van der Waals surface area contributed by atoms with E-state index in [4.69, 9.17) is 28.9 Å². The van der Waals surface area contributed by atoms with E-state index in [1.807, 2.05) is 0 Å². The highest BCUT2D eigenvalue weighted by Gasteiger charge is 2.08. The molecule has 0 aliphatic rings. The maximum Gasteiger partial charge on any atom is 0.209 e. The summed E-state index contributed by atoms with van der Waals surface area (Å²) in [5.41, 5.74) is 6.35. The minimum atomic E-state index is 0.377. The van der Waals surface area contributed by atoms with E-state index in [9.17, 15) is 0 Å². The number of nitrogens with zero attached hydrogens (tertiary/aromatic N) is 5. The fourth-order valence-corrected chi connectivity index (χ4v) is 2.64. The van der Waals surface area contributed by atoms with Gasteiger partial charge >= 0.3 is 0 Å². The third kappa shape index (κ3) is 3.32. The van der Waals surface area contributed by atoms with E-state index in [0.29, 0.717) is 34.2 Å². The molecule has 9 heteroatoms. The van der Waals surface area contributed by atoms with Crippen molar-refractivity contribution >= 4 is 35.0 Å². The van der Waals surface area contributed by atoms with Crippen LogP contribution in [0.5, 0.6) is 0 Å². The standard InChI is InChI=1S/C9H10Cl2N6S/c10-7-3-8(11)13-4-6(7)5-18-9-14-15-16-17(9)2-1-12/h3-4H,1-2,5,12H2. The van der Waals surface area contributed by atoms with E-state index in [2.05, 4.69) is 20.5 Å². The van der Waals surface area contributed by atoms with Gasteiger partial charge in [-0.25, -0.2) is 9.67 Å². The lowest BCUT2D eigenvalue weighted by atomic mass is 10.3. The van der Waals surface area contributed by atoms with Gasteiger partial charge in [0.1, 0.15) is 5.15 Å². The van der Waals surface area contributed by atoms with Crippen LogP contribution in [0.25, 0.3) is 0 Å². The Morgan fingerprint density at radius 1 is 1.39 bits per heavy atom. The molecule has 0 aromatic carbocycles. The zero-order valence-electron chi connectivity index (χ0n) is 9.25. The van der Waals surface area contributed by atoms with Gasteiger partial charge in [-0.05, 0) is 22.1 Å². The van der Waals surface area contributed by atoms with Crippen molar-refractivity contribution in [3.05, 3.63) is 28.0 Å². The zero-order valence-corrected chi connectivity index (χ0v) is 11.6. The minimum Gasteiger partial charge on any atom is -0.329 e. The van der Waals surface area contributed by atoms with Gasteiger partial charge in [0.2, 0.25) is 5.16 Å². The molecule has 96 valence electrons. The van der Waals surface area contributed by atoms with Crippen molar-refractivity contribution in [2.24, 2.45) is 5.73 Å². The highest BCUT2D eigenvalue weighted by atomic mass is 35.5. The van der Waals surface area contributed by atoms with Gasteiger partial charge in [-0.2, -0.15) is 0 Å². The average Bonchev–Trinajstić information content (AvgIpc) is 2.76. The Bertz CT molecular complexity index is 532. The number of rotatable bonds is 5. The molecular formula is C9H10Cl2N6S. The number of nitrogens with two attached hydrogens (primary N) is 1. The first-order valence-electron chi connectivity index (χ1n) is 5.09. The molecule has 2 aromatic rings. The summed E-state index contributed by atoms with van der Waals surface area (Å²) in [5, 5.41) is 13.0. The predicted octanol–water partition coefficient (Wildman–Crippen LogP) is 1.63. The van der Waals surface area contributed by atoms with Crippen molar-refractivity contribution in [3.8, 4) is 0 Å². The van der Waals surface area contributed by atoms with Crippen LogP contribution < -0.4 is 5.73 Å². The van der Waals surface area contributed by atoms with Crippen LogP contribution in [0.2, 0.25) is 10.2 Å². The third-order valence-electron chi connectivity index (χ3n) is 2.09. The van der Waals surface area contributed by atoms with Crippen LogP contribution >= 0.6 is 35.0 Å². The summed E-state index contributed by atoms with van der Waals surface area (Å²) in [6, 6.07) is 1.61. The van der Waals surface area contributed by atoms with Gasteiger partial charge in [0.05, 0.1) is 6.54 Å². The summed E-state index contributed by atoms with van der Waals surface area (Å²) in [7, 11) is 0. The molecule has 0 spiro atoms. The van der Waals surface area contributed by atoms with Crippen molar-refractivity contribution in [2.75, 3.05) is 6.54 Å². The van der Waals surface area contributed by atoms with Crippen LogP contribution in [0, 0.1) is 0 Å². The highest BCUT2D eigenvalue weighted by Crippen LogP contribution is 2.25. The Labute approximate surface area is 118 Å². The highest BCUT2D eigenvalue weighted by molar-refractivity contribution is 7.98. The normalized spacial score (nSPS) is 10.8. The molecule has 0 saturated carbocycles. The van der Waals surface area contributed by atoms with E-state index in [0.717, 1.165) is 5.56 Å². The van der Waals surface area contributed by atoms with Crippen LogP contribution in [0.3, 0.4) is 0 Å². The quantitative estimate of drug-likeness (QED) is 0.668. The minimum absolute atomic E-state index is 0.377. The maximum absolute atomic E-state index is 6.05. The summed E-state index contributed by atoms with van der Waals surface area (Å²) in [4.78, 5) is 3.99. The Hall–Kier alpha value is -0.890. The van der Waals surface area contributed by atoms with Gasteiger partial charge in [0.25, 0.3) is 0 Å². The summed E-state index contributed by atoms with van der Waals surface area (Å²) >= 11 is 13.3. The molecule has 0 radical (unpaired) electrons. The second kappa shape index (κ2) is 6.33. The number of aromatic nitrogens is 5. The molecule has 2 rings (SSSR count). The van der Waals surface area contributed by atoms with Crippen molar-refractivity contribution in [1.82, 2.24) is 25.2 Å². The third-order valence-corrected chi connectivity index (χ3v) is 3.66. The number of hydrogen-bond acceptors (Lipinski definition) is 6. The number of tetrazole rings is 1. The Kier molecular flexibility index (Phi) is 4.76. The molecule has 2 heterocycles. The molecule has 2 N–H and O–H groups in total. The summed E-state index contributed by atoms with van der Waals surface area (Å²) < 4.78 is 1.65. The van der Waals surface area contributed by atoms with Crippen LogP contribution in [0.15, 0.2) is 17.4 Å². The number of hydrogen-bond donors (Lipinski definition) is 1. The van der Waals surface area contributed by atoms with Gasteiger partial charge in [-0.3, -0.25) is 0 Å². The molecular weight excluding hydrogens is 295 g/mol. The first-order valence-corrected chi connectivity index (χ1v) is 6.84. The first kappa shape index (κ1) is 13.5. The molecule has 0 bridgehead atoms. The monoisotopic (exact) mass is 304 g/mol. The second-order valence-electron chi connectivity index (χ2n) is 3.36. The predicted molar refractivity (Wildman–Crippen MR) is 70.7 cm³/mol. The van der Waals surface area contributed by atoms with Crippen LogP contribution in [0.4, 0.5) is 0 Å². The van der Waals surface area contributed by atoms with Gasteiger partial charge < -0.3 is 5.73 Å². The molecule has 0 atom stereocenters. The van der Waals surface area contributed by atoms with Crippen LogP contribution in [0.1, 0.15) is 5.56 Å². The fourth-order valence-electron chi connectivity index (χ4n) is 1.25. The molecule has 0 unspecified atom stereocenters. The largest absolute Gasteiger partial charge is 0.329 e. The Morgan fingerprint density at radius 3 is 2.94 bits per heavy atom. The van der Waals surface area contributed by atoms with Crippen LogP contribution in [-0.2, 0) is 12.3 Å². The topological polar surface area (TPSA) is 82.5 Å². The lowest BCUT2D eigenvalue weighted by Gasteiger charge is -2.04. The van der Waals surface area contributed by atoms with Gasteiger partial charge in [-0.1, -0.05) is 35.0 Å². The van der Waals surface area contributed by atoms with Crippen molar-refractivity contribution in [3.63, 3.8) is 0 Å². The van der Waals surface area contributed by atoms with E-state index in [1.54, 1.807) is 16.9 Å². The van der Waals surface area contributed by atoms with Crippen molar-refractivity contribution in [1.29, 1.82) is 0 Å². The number of thioether (sulfide) groups is 1. The first-order chi connectivity index (χ1) is 8.70. The van der Waals surface area contributed by atoms with E-state index < -0.39 is 0 Å². The Morgan fingerprint density at radius 2 is 2.22 bits per heavy atom. The molecule has 0 aliphatic carbocycles. The van der Waals surface area contributed by atoms with Gasteiger partial charge in [-0.15, -0.1) is 5.10 Å². The summed E-state index contributed by atoms with van der Waals surface area (Å²) in [6.45, 7) is 1.07. The summed E-state index contributed by atoms with van der Waals surface area (Å²) in [5.74, 6) is 0.619. The molecule has 0 aliphatic heterocycles. The SMILES string of the molecule is NCCn1nnnc1SCc1cnc(Cl)cc1Cl. The number of halogens is 2. The molecule has 0 fully saturated rings. The molecule has 2 aromatic heterocycles. The van der Waals surface area contributed by atoms with E-state index in [-0.39, 0.29) is 0 Å². The summed E-state index contributed by atoms with van der Waals surface area (Å²) in [6.07, 6.45) is 1.65. The average molecular weight is 305 g/mol. The fraction of sp³-hybridized carbons (Fsp3) is 0.333. The molecule has 6 nitrogen and oxygen atoms in total. The van der Waals surface area contributed by atoms with Crippen LogP contribution in [-0.4, -0.2) is 31.7 Å². The lowest BCUT2D eigenvalue weighted by Crippen LogP contribution is -2.12. The van der Waals surface area contributed by atoms with E-state index in [1.165, 1.54) is 11.8 Å². The zero-order chi connectivity index (χ0) is 13.0. The molecule has 18 heavy (non-hydrogen) atoms. The van der Waals surface area contributed by atoms with E-state index >= 15 is 0 Å². The second-order valence-corrected chi connectivity index (χ2v) is 5.10. The number of pyridine rings is 1. The van der Waals surface area contributed by atoms with Crippen molar-refractivity contribution in [2.45, 2.75) is 17.5 Å². The maximum atomic E-state index is 6.05. The Balaban J connectivity index is 2.04. The van der Waals surface area contributed by atoms with Gasteiger partial charge in [0.15, 0.2) is 0 Å². The smallest absolute Gasteiger partial charge is 0.209 e. The molecule has 0 saturated heterocycles. The van der Waals surface area contributed by atoms with Gasteiger partial charge in [0, 0.05) is 23.5 Å². The lowest BCUT2D eigenvalue weighted by molar-refractivity contribution is 0.557. The molecule has 0 amide bonds.